The molecule has 0 bridgehead atoms. The Morgan fingerprint density at radius 2 is 1.91 bits per heavy atom. The number of hydrogen-bond donors (Lipinski definition) is 0. The molecular weight excluding hydrogens is 511 g/mol. The molecule has 1 N–H and O–H groups in total. The third-order valence-corrected chi connectivity index (χ3v) is 4.42. The van der Waals surface area contributed by atoms with E-state index < -0.39 is 6.04 Å². The van der Waals surface area contributed by atoms with Crippen LogP contribution in [0.4, 0.5) is 0 Å². The summed E-state index contributed by atoms with van der Waals surface area (Å²) in [6.07, 6.45) is 0.645. The smallest absolute Gasteiger partial charge is 0.154 e. The van der Waals surface area contributed by atoms with Crippen LogP contribution in [0.2, 0.25) is 0 Å². The molecule has 1 heterocycles. The predicted molar refractivity (Wildman–Crippen MR) is 84.6 cm³/mol. The van der Waals surface area contributed by atoms with Crippen LogP contribution < -0.4 is 0 Å². The van der Waals surface area contributed by atoms with Crippen molar-refractivity contribution in [1.82, 2.24) is 4.90 Å². The quantitative estimate of drug-likeness (QED) is 0.419. The Kier molecular flexibility index (Phi) is 11.6. The molecule has 1 radical (unpaired) electrons. The van der Waals surface area contributed by atoms with Gasteiger partial charge in [-0.05, 0) is 40.2 Å². The van der Waals surface area contributed by atoms with Gasteiger partial charge in [-0.1, -0.05) is 13.0 Å². The van der Waals surface area contributed by atoms with Crippen molar-refractivity contribution in [1.29, 1.82) is 0 Å². The van der Waals surface area contributed by atoms with Crippen molar-refractivity contribution in [3.63, 3.8) is 0 Å². The molecule has 1 aliphatic heterocycles. The van der Waals surface area contributed by atoms with E-state index in [4.69, 9.17) is 15.2 Å². The van der Waals surface area contributed by atoms with Gasteiger partial charge in [-0.3, -0.25) is 9.69 Å². The van der Waals surface area contributed by atoms with Crippen LogP contribution in [0.15, 0.2) is 0 Å². The summed E-state index contributed by atoms with van der Waals surface area (Å²) in [5.74, 6) is -0.0345. The molecular formula is C16H29AcN2O4-. The number of nitrogens with one attached hydrogen (secondary N) is 1. The first-order valence-corrected chi connectivity index (χ1v) is 8.02. The second kappa shape index (κ2) is 11.3. The van der Waals surface area contributed by atoms with Crippen molar-refractivity contribution in [3.8, 4) is 0 Å². The van der Waals surface area contributed by atoms with E-state index in [1.54, 1.807) is 13.8 Å². The molecule has 5 atom stereocenters. The summed E-state index contributed by atoms with van der Waals surface area (Å²) in [5, 5.41) is 0. The fourth-order valence-corrected chi connectivity index (χ4v) is 3.21. The Morgan fingerprint density at radius 3 is 2.39 bits per heavy atom. The topological polar surface area (TPSA) is 79.6 Å². The molecule has 131 valence electrons. The molecule has 1 rings (SSSR count). The molecule has 0 spiro atoms. The third kappa shape index (κ3) is 6.45. The van der Waals surface area contributed by atoms with E-state index in [-0.39, 0.29) is 79.9 Å². The molecule has 1 aliphatic rings. The average molecular weight is 540 g/mol. The summed E-state index contributed by atoms with van der Waals surface area (Å²) in [5.41, 5.74) is 8.24. The van der Waals surface area contributed by atoms with E-state index in [0.717, 1.165) is 0 Å². The van der Waals surface area contributed by atoms with Gasteiger partial charge in [0.2, 0.25) is 0 Å². The van der Waals surface area contributed by atoms with Gasteiger partial charge in [0.1, 0.15) is 11.6 Å². The molecule has 0 aromatic carbocycles. The molecule has 1 saturated heterocycles. The van der Waals surface area contributed by atoms with E-state index in [1.807, 2.05) is 25.8 Å². The summed E-state index contributed by atoms with van der Waals surface area (Å²) in [6.45, 7) is 8.02. The van der Waals surface area contributed by atoms with E-state index in [1.165, 1.54) is 0 Å². The van der Waals surface area contributed by atoms with Crippen LogP contribution in [0, 0.1) is 50.0 Å². The molecule has 6 nitrogen and oxygen atoms in total. The van der Waals surface area contributed by atoms with E-state index >= 15 is 0 Å². The fourth-order valence-electron chi connectivity index (χ4n) is 3.21. The summed E-state index contributed by atoms with van der Waals surface area (Å²) < 4.78 is 11.0. The molecule has 5 unspecified atom stereocenters. The number of nitrogens with zero attached hydrogens (tertiary/aromatic N) is 1. The van der Waals surface area contributed by atoms with Gasteiger partial charge < -0.3 is 20.0 Å². The second-order valence-electron chi connectivity index (χ2n) is 5.93. The molecule has 0 saturated carbocycles. The standard InChI is InChI=1S/C16H29N2O4.Ac/c1-6-14(20)15(17)16-12(9-22-11(4)21-7-2)8-13(10(3)19)18(16)5;/h11-13,15-17H,6-9H2,1-5H3;/q-1;. The number of ether oxygens (including phenoxy) is 2. The number of rotatable bonds is 9. The monoisotopic (exact) mass is 540 g/mol. The maximum Gasteiger partial charge on any atom is 0.154 e. The predicted octanol–water partition coefficient (Wildman–Crippen LogP) is 2.06. The van der Waals surface area contributed by atoms with Crippen LogP contribution in [0.1, 0.15) is 40.5 Å². The van der Waals surface area contributed by atoms with Crippen molar-refractivity contribution < 1.29 is 63.1 Å². The molecule has 0 amide bonds. The van der Waals surface area contributed by atoms with Crippen molar-refractivity contribution in [2.75, 3.05) is 20.3 Å². The normalized spacial score (nSPS) is 27.3. The number of likely N-dealkylation sites (N-methyl/N-ethyl adjacent to an activating group) is 1. The minimum atomic E-state index is -0.838. The first-order valence-electron chi connectivity index (χ1n) is 8.02. The average Bonchev–Trinajstić information content (AvgIpc) is 2.80. The van der Waals surface area contributed by atoms with Gasteiger partial charge in [0, 0.05) is 63.1 Å². The van der Waals surface area contributed by atoms with Gasteiger partial charge in [-0.25, -0.2) is 0 Å². The largest absolute Gasteiger partial charge is 0.667 e. The second-order valence-corrected chi connectivity index (χ2v) is 5.93. The summed E-state index contributed by atoms with van der Waals surface area (Å²) >= 11 is 0. The number of carbonyl (C=O) groups is 2. The van der Waals surface area contributed by atoms with Gasteiger partial charge in [0.25, 0.3) is 0 Å². The Bertz CT molecular complexity index is 394. The number of carbonyl (C=O) groups excluding carboxylic acids is 2. The molecule has 23 heavy (non-hydrogen) atoms. The van der Waals surface area contributed by atoms with Crippen molar-refractivity contribution in [2.24, 2.45) is 5.92 Å². The van der Waals surface area contributed by atoms with E-state index in [0.29, 0.717) is 26.1 Å². The summed E-state index contributed by atoms with van der Waals surface area (Å²) in [4.78, 5) is 25.6. The van der Waals surface area contributed by atoms with Crippen LogP contribution >= 0.6 is 0 Å². The maximum atomic E-state index is 11.9. The summed E-state index contributed by atoms with van der Waals surface area (Å²) in [7, 11) is 1.83. The van der Waals surface area contributed by atoms with Gasteiger partial charge in [-0.15, -0.1) is 0 Å². The first-order chi connectivity index (χ1) is 10.3. The Hall–Kier alpha value is 0.622. The molecule has 0 aromatic heterocycles. The first kappa shape index (κ1) is 23.6. The molecule has 7 heteroatoms. The number of ketones is 2. The molecule has 0 aliphatic carbocycles. The van der Waals surface area contributed by atoms with Crippen molar-refractivity contribution >= 4 is 11.6 Å². The van der Waals surface area contributed by atoms with Crippen LogP contribution in [-0.2, 0) is 19.1 Å². The number of likely N-dealkylation sites (tertiary alicyclic amines) is 1. The van der Waals surface area contributed by atoms with Gasteiger partial charge in [0.05, 0.1) is 12.6 Å². The van der Waals surface area contributed by atoms with E-state index in [9.17, 15) is 9.59 Å². The summed E-state index contributed by atoms with van der Waals surface area (Å²) in [6, 6.07) is -1.36. The zero-order chi connectivity index (χ0) is 16.9. The van der Waals surface area contributed by atoms with Gasteiger partial charge in [-0.2, -0.15) is 0 Å². The third-order valence-electron chi connectivity index (χ3n) is 4.42. The zero-order valence-electron chi connectivity index (χ0n) is 14.9. The SMILES string of the molecule is CCOC(C)OCC1CC(C(C)=O)N(C)C1C([NH-])C(=O)CC.[Ac]. The van der Waals surface area contributed by atoms with Gasteiger partial charge in [0.15, 0.2) is 6.29 Å². The van der Waals surface area contributed by atoms with Gasteiger partial charge >= 0.3 is 0 Å². The van der Waals surface area contributed by atoms with Crippen LogP contribution in [0.25, 0.3) is 5.73 Å². The molecule has 0 aromatic rings. The Morgan fingerprint density at radius 1 is 1.30 bits per heavy atom. The minimum absolute atomic E-state index is 0. The van der Waals surface area contributed by atoms with Crippen molar-refractivity contribution in [3.05, 3.63) is 5.73 Å². The molecule has 1 fully saturated rings. The minimum Gasteiger partial charge on any atom is -0.667 e. The van der Waals surface area contributed by atoms with E-state index in [2.05, 4.69) is 0 Å². The van der Waals surface area contributed by atoms with Crippen LogP contribution in [0.3, 0.4) is 0 Å². The fraction of sp³-hybridized carbons (Fsp3) is 0.875. The maximum absolute atomic E-state index is 11.9. The van der Waals surface area contributed by atoms with Crippen LogP contribution in [-0.4, -0.2) is 61.1 Å². The number of Topliss-reactive ketones (excluding diaryl/α,β-unsaturated/α-hetero) is 2. The van der Waals surface area contributed by atoms with Crippen molar-refractivity contribution in [2.45, 2.75) is 65.0 Å². The Labute approximate surface area is 175 Å². The number of hydrogen-bond acceptors (Lipinski definition) is 5. The zero-order valence-corrected chi connectivity index (χ0v) is 19.6. The van der Waals surface area contributed by atoms with Crippen LogP contribution in [0.5, 0.6) is 0 Å². The Balaban J connectivity index is 0.00000484.